The van der Waals surface area contributed by atoms with Crippen molar-refractivity contribution in [2.24, 2.45) is 5.41 Å². The Morgan fingerprint density at radius 2 is 1.81 bits per heavy atom. The van der Waals surface area contributed by atoms with Crippen LogP contribution in [0.2, 0.25) is 0 Å². The topological polar surface area (TPSA) is 66.5 Å². The molecule has 5 fully saturated rings. The molecule has 2 bridgehead atoms. The fourth-order valence-electron chi connectivity index (χ4n) is 3.99. The number of sulfonamides is 1. The minimum absolute atomic E-state index is 0.156. The van der Waals surface area contributed by atoms with Crippen molar-refractivity contribution in [3.63, 3.8) is 0 Å². The van der Waals surface area contributed by atoms with Crippen LogP contribution in [0.15, 0.2) is 0 Å². The average molecular weight is 312 g/mol. The van der Waals surface area contributed by atoms with Crippen LogP contribution in [0.4, 0.5) is 0 Å². The lowest BCUT2D eigenvalue weighted by atomic mass is 9.68. The smallest absolute Gasteiger partial charge is 0.217 e. The van der Waals surface area contributed by atoms with Gasteiger partial charge in [-0.25, -0.2) is 13.1 Å². The Labute approximate surface area is 126 Å². The van der Waals surface area contributed by atoms with Crippen molar-refractivity contribution >= 4 is 15.8 Å². The number of hydrogen-bond donors (Lipinski definition) is 1. The Kier molecular flexibility index (Phi) is 2.90. The quantitative estimate of drug-likeness (QED) is 0.824. The van der Waals surface area contributed by atoms with Crippen LogP contribution in [0.3, 0.4) is 0 Å². The van der Waals surface area contributed by atoms with Gasteiger partial charge in [0.1, 0.15) is 0 Å². The first-order chi connectivity index (χ1) is 9.85. The third-order valence-electron chi connectivity index (χ3n) is 6.08. The number of hydrogen-bond acceptors (Lipinski definition) is 4. The molecule has 6 heteroatoms. The van der Waals surface area contributed by atoms with E-state index in [0.717, 1.165) is 38.8 Å². The van der Waals surface area contributed by atoms with Gasteiger partial charge < -0.3 is 0 Å². The molecule has 1 atom stereocenters. The highest BCUT2D eigenvalue weighted by molar-refractivity contribution is 7.91. The molecule has 21 heavy (non-hydrogen) atoms. The van der Waals surface area contributed by atoms with Crippen molar-refractivity contribution in [3.8, 4) is 0 Å². The van der Waals surface area contributed by atoms with Gasteiger partial charge in [0.05, 0.1) is 10.8 Å². The maximum atomic E-state index is 12.7. The average Bonchev–Trinajstić information content (AvgIpc) is 3.31. The van der Waals surface area contributed by atoms with Crippen LogP contribution < -0.4 is 4.72 Å². The van der Waals surface area contributed by atoms with E-state index in [1.54, 1.807) is 0 Å². The van der Waals surface area contributed by atoms with Crippen LogP contribution in [-0.2, 0) is 14.8 Å². The fraction of sp³-hybridized carbons (Fsp3) is 0.933. The first kappa shape index (κ1) is 14.2. The number of ketones is 1. The minimum atomic E-state index is -3.27. The molecule has 5 rings (SSSR count). The summed E-state index contributed by atoms with van der Waals surface area (Å²) in [5.41, 5.74) is -0.205. The normalized spacial score (nSPS) is 41.3. The monoisotopic (exact) mass is 312 g/mol. The predicted octanol–water partition coefficient (Wildman–Crippen LogP) is 1.04. The fourth-order valence-corrected chi connectivity index (χ4v) is 5.93. The molecular weight excluding hydrogens is 288 g/mol. The second-order valence-electron chi connectivity index (χ2n) is 7.76. The lowest BCUT2D eigenvalue weighted by Crippen LogP contribution is -2.61. The molecule has 5 nitrogen and oxygen atoms in total. The molecule has 0 spiro atoms. The van der Waals surface area contributed by atoms with Gasteiger partial charge in [-0.1, -0.05) is 6.92 Å². The van der Waals surface area contributed by atoms with Gasteiger partial charge >= 0.3 is 0 Å². The maximum absolute atomic E-state index is 12.7. The summed E-state index contributed by atoms with van der Waals surface area (Å²) in [7, 11) is -3.27. The summed E-state index contributed by atoms with van der Waals surface area (Å²) in [5.74, 6) is 0.285. The molecule has 0 radical (unpaired) electrons. The van der Waals surface area contributed by atoms with E-state index in [9.17, 15) is 13.2 Å². The van der Waals surface area contributed by atoms with Crippen LogP contribution in [0.1, 0.15) is 51.9 Å². The van der Waals surface area contributed by atoms with Crippen molar-refractivity contribution < 1.29 is 13.2 Å². The van der Waals surface area contributed by atoms with E-state index in [-0.39, 0.29) is 23.3 Å². The van der Waals surface area contributed by atoms with Crippen molar-refractivity contribution in [3.05, 3.63) is 0 Å². The van der Waals surface area contributed by atoms with Crippen LogP contribution in [0, 0.1) is 5.41 Å². The number of carbonyl (C=O) groups is 1. The lowest BCUT2D eigenvalue weighted by Gasteiger charge is -2.50. The molecule has 0 aromatic rings. The Balaban J connectivity index is 1.54. The third kappa shape index (κ3) is 2.18. The first-order valence-electron chi connectivity index (χ1n) is 8.16. The second-order valence-corrected chi connectivity index (χ2v) is 9.87. The van der Waals surface area contributed by atoms with Gasteiger partial charge in [0.15, 0.2) is 5.78 Å². The Bertz CT molecular complexity index is 570. The molecular formula is C15H24N2O3S. The lowest BCUT2D eigenvalue weighted by molar-refractivity contribution is -0.146. The maximum Gasteiger partial charge on any atom is 0.217 e. The van der Waals surface area contributed by atoms with Gasteiger partial charge in [0.25, 0.3) is 0 Å². The van der Waals surface area contributed by atoms with Gasteiger partial charge in [-0.3, -0.25) is 9.69 Å². The highest BCUT2D eigenvalue weighted by Gasteiger charge is 2.60. The summed E-state index contributed by atoms with van der Waals surface area (Å²) in [6.07, 6.45) is 5.71. The molecule has 3 heterocycles. The summed E-state index contributed by atoms with van der Waals surface area (Å²) in [6, 6.07) is -0.0143. The van der Waals surface area contributed by atoms with E-state index in [0.29, 0.717) is 19.3 Å². The molecule has 0 aromatic carbocycles. The molecule has 3 saturated heterocycles. The second kappa shape index (κ2) is 4.30. The standard InChI is InChI=1S/C15H24N2O3S/c1-14-6-8-17(9-7-14)12(13(14)18)10-15(4-5-15)21(19,20)16-11-2-3-11/h11-12,16H,2-10H2,1H3. The molecule has 0 aromatic heterocycles. The zero-order valence-corrected chi connectivity index (χ0v) is 13.4. The van der Waals surface area contributed by atoms with Gasteiger partial charge in [-0.05, 0) is 58.0 Å². The van der Waals surface area contributed by atoms with E-state index in [1.165, 1.54) is 0 Å². The van der Waals surface area contributed by atoms with Crippen LogP contribution in [0.5, 0.6) is 0 Å². The minimum Gasteiger partial charge on any atom is -0.297 e. The molecule has 0 amide bonds. The molecule has 5 aliphatic rings. The summed E-state index contributed by atoms with van der Waals surface area (Å²) in [4.78, 5) is 14.9. The number of fused-ring (bicyclic) bond motifs is 3. The molecule has 1 N–H and O–H groups in total. The Morgan fingerprint density at radius 3 is 2.33 bits per heavy atom. The number of piperidine rings is 3. The summed E-state index contributed by atoms with van der Waals surface area (Å²) >= 11 is 0. The SMILES string of the molecule is CC12CCN(CC1)C(CC1(S(=O)(=O)NC3CC3)CC1)C2=O. The van der Waals surface area contributed by atoms with E-state index in [1.807, 2.05) is 0 Å². The van der Waals surface area contributed by atoms with E-state index in [4.69, 9.17) is 0 Å². The number of carbonyl (C=O) groups excluding carboxylic acids is 1. The highest BCUT2D eigenvalue weighted by Crippen LogP contribution is 2.51. The number of nitrogens with one attached hydrogen (secondary N) is 1. The summed E-state index contributed by atoms with van der Waals surface area (Å²) in [5, 5.41) is 0. The summed E-state index contributed by atoms with van der Waals surface area (Å²) < 4.78 is 27.4. The van der Waals surface area contributed by atoms with Gasteiger partial charge in [0, 0.05) is 11.5 Å². The van der Waals surface area contributed by atoms with Gasteiger partial charge in [-0.2, -0.15) is 0 Å². The van der Waals surface area contributed by atoms with Crippen molar-refractivity contribution in [2.45, 2.75) is 68.7 Å². The van der Waals surface area contributed by atoms with Crippen molar-refractivity contribution in [1.82, 2.24) is 9.62 Å². The van der Waals surface area contributed by atoms with Crippen LogP contribution in [0.25, 0.3) is 0 Å². The first-order valence-corrected chi connectivity index (χ1v) is 9.64. The largest absolute Gasteiger partial charge is 0.297 e. The molecule has 2 saturated carbocycles. The summed E-state index contributed by atoms with van der Waals surface area (Å²) in [6.45, 7) is 3.95. The Morgan fingerprint density at radius 1 is 1.19 bits per heavy atom. The Hall–Kier alpha value is -0.460. The number of rotatable bonds is 5. The zero-order chi connectivity index (χ0) is 14.9. The number of Topliss-reactive ketones (excluding diaryl/α,β-unsaturated/α-hetero) is 1. The van der Waals surface area contributed by atoms with Gasteiger partial charge in [0.2, 0.25) is 10.0 Å². The van der Waals surface area contributed by atoms with Crippen molar-refractivity contribution in [1.29, 1.82) is 0 Å². The molecule has 2 aliphatic carbocycles. The van der Waals surface area contributed by atoms with Gasteiger partial charge in [-0.15, -0.1) is 0 Å². The number of nitrogens with zero attached hydrogens (tertiary/aromatic N) is 1. The van der Waals surface area contributed by atoms with Crippen LogP contribution >= 0.6 is 0 Å². The molecule has 1 unspecified atom stereocenters. The predicted molar refractivity (Wildman–Crippen MR) is 79.4 cm³/mol. The van der Waals surface area contributed by atoms with E-state index >= 15 is 0 Å². The zero-order valence-electron chi connectivity index (χ0n) is 12.6. The van der Waals surface area contributed by atoms with Crippen LogP contribution in [-0.4, -0.2) is 49.0 Å². The molecule has 3 aliphatic heterocycles. The van der Waals surface area contributed by atoms with E-state index < -0.39 is 14.8 Å². The van der Waals surface area contributed by atoms with E-state index in [2.05, 4.69) is 16.5 Å². The highest BCUT2D eigenvalue weighted by atomic mass is 32.2. The third-order valence-corrected chi connectivity index (χ3v) is 8.44. The van der Waals surface area contributed by atoms with Crippen molar-refractivity contribution in [2.75, 3.05) is 13.1 Å². The molecule has 118 valence electrons.